The van der Waals surface area contributed by atoms with E-state index in [1.54, 1.807) is 0 Å². The molecule has 21 heavy (non-hydrogen) atoms. The van der Waals surface area contributed by atoms with Gasteiger partial charge in [-0.15, -0.1) is 22.7 Å². The molecule has 1 atom stereocenters. The molecule has 0 saturated carbocycles. The van der Waals surface area contributed by atoms with Gasteiger partial charge in [0.15, 0.2) is 0 Å². The fraction of sp³-hybridized carbons (Fsp3) is 0.357. The Bertz CT molecular complexity index is 608. The third-order valence-corrected chi connectivity index (χ3v) is 4.90. The zero-order valence-electron chi connectivity index (χ0n) is 11.5. The first-order chi connectivity index (χ1) is 10.0. The van der Waals surface area contributed by atoms with Gasteiger partial charge in [-0.2, -0.15) is 0 Å². The number of amides is 1. The monoisotopic (exact) mass is 324 g/mol. The Balaban J connectivity index is 1.90. The summed E-state index contributed by atoms with van der Waals surface area (Å²) in [5.74, 6) is -1.32. The van der Waals surface area contributed by atoms with E-state index in [0.29, 0.717) is 6.54 Å². The summed E-state index contributed by atoms with van der Waals surface area (Å²) in [4.78, 5) is 28.1. The number of hydrogen-bond donors (Lipinski definition) is 2. The van der Waals surface area contributed by atoms with Crippen molar-refractivity contribution < 1.29 is 14.7 Å². The minimum Gasteiger partial charge on any atom is -0.481 e. The molecule has 0 aliphatic heterocycles. The molecule has 7 heteroatoms. The summed E-state index contributed by atoms with van der Waals surface area (Å²) < 4.78 is 0. The number of aliphatic carboxylic acids is 1. The molecule has 5 nitrogen and oxygen atoms in total. The van der Waals surface area contributed by atoms with Crippen LogP contribution in [0.25, 0.3) is 0 Å². The predicted molar refractivity (Wildman–Crippen MR) is 82.6 cm³/mol. The van der Waals surface area contributed by atoms with Gasteiger partial charge in [-0.1, -0.05) is 6.07 Å². The summed E-state index contributed by atoms with van der Waals surface area (Å²) >= 11 is 2.98. The van der Waals surface area contributed by atoms with E-state index >= 15 is 0 Å². The Morgan fingerprint density at radius 1 is 1.38 bits per heavy atom. The van der Waals surface area contributed by atoms with Crippen LogP contribution in [0.4, 0.5) is 0 Å². The van der Waals surface area contributed by atoms with E-state index in [9.17, 15) is 9.59 Å². The van der Waals surface area contributed by atoms with Crippen molar-refractivity contribution in [2.75, 3.05) is 0 Å². The minimum atomic E-state index is -0.892. The molecule has 0 radical (unpaired) electrons. The van der Waals surface area contributed by atoms with E-state index in [1.807, 2.05) is 29.8 Å². The molecule has 2 aromatic rings. The lowest BCUT2D eigenvalue weighted by Crippen LogP contribution is -2.25. The number of carboxylic acid groups (broad SMARTS) is 1. The number of hydrogen-bond acceptors (Lipinski definition) is 5. The highest BCUT2D eigenvalue weighted by Gasteiger charge is 2.20. The molecule has 1 unspecified atom stereocenters. The SMILES string of the molecule is Cc1csc(CNC(=O)CC(CC(=O)O)c2cccs2)n1. The Labute approximate surface area is 130 Å². The van der Waals surface area contributed by atoms with Gasteiger partial charge >= 0.3 is 5.97 Å². The average molecular weight is 324 g/mol. The summed E-state index contributed by atoms with van der Waals surface area (Å²) in [5, 5.41) is 16.4. The number of rotatable bonds is 7. The molecular formula is C14H16N2O3S2. The first-order valence-corrected chi connectivity index (χ1v) is 8.23. The van der Waals surface area contributed by atoms with Gasteiger partial charge in [0.2, 0.25) is 5.91 Å². The number of nitrogens with zero attached hydrogens (tertiary/aromatic N) is 1. The predicted octanol–water partition coefficient (Wildman–Crippen LogP) is 2.78. The minimum absolute atomic E-state index is 0.0374. The van der Waals surface area contributed by atoms with Gasteiger partial charge in [-0.25, -0.2) is 4.98 Å². The van der Waals surface area contributed by atoms with Crippen LogP contribution < -0.4 is 5.32 Å². The number of carbonyl (C=O) groups is 2. The van der Waals surface area contributed by atoms with Crippen LogP contribution >= 0.6 is 22.7 Å². The zero-order valence-corrected chi connectivity index (χ0v) is 13.2. The van der Waals surface area contributed by atoms with E-state index in [0.717, 1.165) is 15.6 Å². The third-order valence-electron chi connectivity index (χ3n) is 2.90. The highest BCUT2D eigenvalue weighted by Crippen LogP contribution is 2.27. The van der Waals surface area contributed by atoms with Crippen LogP contribution in [-0.4, -0.2) is 22.0 Å². The summed E-state index contributed by atoms with van der Waals surface area (Å²) in [6.07, 6.45) is 0.140. The molecule has 1 amide bonds. The molecule has 2 aromatic heterocycles. The number of thiazole rings is 1. The number of carbonyl (C=O) groups excluding carboxylic acids is 1. The standard InChI is InChI=1S/C14H16N2O3S2/c1-9-8-21-13(16-9)7-15-12(17)5-10(6-14(18)19)11-3-2-4-20-11/h2-4,8,10H,5-7H2,1H3,(H,15,17)(H,18,19). The highest BCUT2D eigenvalue weighted by atomic mass is 32.1. The molecule has 0 fully saturated rings. The highest BCUT2D eigenvalue weighted by molar-refractivity contribution is 7.10. The van der Waals surface area contributed by atoms with Crippen LogP contribution in [0, 0.1) is 6.92 Å². The lowest BCUT2D eigenvalue weighted by atomic mass is 9.99. The van der Waals surface area contributed by atoms with Crippen LogP contribution in [0.1, 0.15) is 34.3 Å². The van der Waals surface area contributed by atoms with E-state index in [4.69, 9.17) is 5.11 Å². The van der Waals surface area contributed by atoms with Gasteiger partial charge in [0.05, 0.1) is 13.0 Å². The molecule has 0 saturated heterocycles. The maximum atomic E-state index is 12.0. The molecule has 112 valence electrons. The fourth-order valence-electron chi connectivity index (χ4n) is 1.96. The van der Waals surface area contributed by atoms with Gasteiger partial charge in [0, 0.05) is 28.3 Å². The van der Waals surface area contributed by atoms with Crippen LogP contribution in [0.15, 0.2) is 22.9 Å². The Kier molecular flexibility index (Phi) is 5.46. The molecular weight excluding hydrogens is 308 g/mol. The smallest absolute Gasteiger partial charge is 0.304 e. The van der Waals surface area contributed by atoms with Gasteiger partial charge in [-0.05, 0) is 18.4 Å². The Hall–Kier alpha value is -1.73. The van der Waals surface area contributed by atoms with Crippen LogP contribution in [0.5, 0.6) is 0 Å². The van der Waals surface area contributed by atoms with Crippen molar-refractivity contribution in [2.24, 2.45) is 0 Å². The normalized spacial score (nSPS) is 12.0. The summed E-state index contributed by atoms with van der Waals surface area (Å²) in [6.45, 7) is 2.29. The van der Waals surface area contributed by atoms with E-state index < -0.39 is 5.97 Å². The van der Waals surface area contributed by atoms with Crippen molar-refractivity contribution in [1.29, 1.82) is 0 Å². The van der Waals surface area contributed by atoms with E-state index in [1.165, 1.54) is 22.7 Å². The zero-order chi connectivity index (χ0) is 15.2. The van der Waals surface area contributed by atoms with Gasteiger partial charge in [-0.3, -0.25) is 9.59 Å². The average Bonchev–Trinajstić information content (AvgIpc) is 3.06. The number of thiophene rings is 1. The third kappa shape index (κ3) is 4.95. The van der Waals surface area contributed by atoms with Crippen molar-refractivity contribution in [3.05, 3.63) is 38.5 Å². The topological polar surface area (TPSA) is 79.3 Å². The Morgan fingerprint density at radius 3 is 2.76 bits per heavy atom. The number of aromatic nitrogens is 1. The summed E-state index contributed by atoms with van der Waals surface area (Å²) in [6, 6.07) is 3.74. The van der Waals surface area contributed by atoms with Gasteiger partial charge in [0.25, 0.3) is 0 Å². The fourth-order valence-corrected chi connectivity index (χ4v) is 3.50. The molecule has 0 aliphatic carbocycles. The van der Waals surface area contributed by atoms with Crippen LogP contribution in [0.3, 0.4) is 0 Å². The first-order valence-electron chi connectivity index (χ1n) is 6.47. The van der Waals surface area contributed by atoms with Crippen molar-refractivity contribution >= 4 is 34.6 Å². The number of aryl methyl sites for hydroxylation is 1. The largest absolute Gasteiger partial charge is 0.481 e. The quantitative estimate of drug-likeness (QED) is 0.821. The second-order valence-electron chi connectivity index (χ2n) is 4.67. The molecule has 2 N–H and O–H groups in total. The van der Waals surface area contributed by atoms with Crippen molar-refractivity contribution in [1.82, 2.24) is 10.3 Å². The van der Waals surface area contributed by atoms with Crippen molar-refractivity contribution in [2.45, 2.75) is 32.2 Å². The second-order valence-corrected chi connectivity index (χ2v) is 6.60. The summed E-state index contributed by atoms with van der Waals surface area (Å²) in [7, 11) is 0. The van der Waals surface area contributed by atoms with Gasteiger partial charge in [0.1, 0.15) is 5.01 Å². The molecule has 2 heterocycles. The number of carboxylic acids is 1. The molecule has 0 bridgehead atoms. The van der Waals surface area contributed by atoms with Gasteiger partial charge < -0.3 is 10.4 Å². The van der Waals surface area contributed by atoms with Crippen molar-refractivity contribution in [3.8, 4) is 0 Å². The maximum absolute atomic E-state index is 12.0. The molecule has 2 rings (SSSR count). The Morgan fingerprint density at radius 2 is 2.19 bits per heavy atom. The second kappa shape index (κ2) is 7.33. The van der Waals surface area contributed by atoms with E-state index in [2.05, 4.69) is 10.3 Å². The van der Waals surface area contributed by atoms with E-state index in [-0.39, 0.29) is 24.7 Å². The summed E-state index contributed by atoms with van der Waals surface area (Å²) in [5.41, 5.74) is 0.937. The van der Waals surface area contributed by atoms with Crippen molar-refractivity contribution in [3.63, 3.8) is 0 Å². The first kappa shape index (κ1) is 15.7. The number of nitrogens with one attached hydrogen (secondary N) is 1. The maximum Gasteiger partial charge on any atom is 0.304 e. The molecule has 0 aliphatic rings. The molecule has 0 spiro atoms. The van der Waals surface area contributed by atoms with Crippen LogP contribution in [0.2, 0.25) is 0 Å². The lowest BCUT2D eigenvalue weighted by Gasteiger charge is -2.12. The lowest BCUT2D eigenvalue weighted by molar-refractivity contribution is -0.137. The van der Waals surface area contributed by atoms with Crippen LogP contribution in [-0.2, 0) is 16.1 Å². The molecule has 0 aromatic carbocycles.